The van der Waals surface area contributed by atoms with Crippen LogP contribution in [0.4, 0.5) is 0 Å². The zero-order chi connectivity index (χ0) is 11.1. The molecule has 0 aliphatic heterocycles. The highest BCUT2D eigenvalue weighted by molar-refractivity contribution is 7.80. The lowest BCUT2D eigenvalue weighted by molar-refractivity contribution is -0.120. The average Bonchev–Trinajstić information content (AvgIpc) is 2.08. The van der Waals surface area contributed by atoms with E-state index in [9.17, 15) is 4.79 Å². The molecule has 1 saturated carbocycles. The van der Waals surface area contributed by atoms with E-state index in [1.807, 2.05) is 0 Å². The third kappa shape index (κ3) is 5.72. The van der Waals surface area contributed by atoms with E-state index in [2.05, 4.69) is 5.32 Å². The molecule has 0 atom stereocenters. The quantitative estimate of drug-likeness (QED) is 0.725. The maximum Gasteiger partial charge on any atom is 0.227 e. The normalized spacial score (nSPS) is 18.9. The van der Waals surface area contributed by atoms with Gasteiger partial charge in [-0.1, -0.05) is 44.3 Å². The van der Waals surface area contributed by atoms with Crippen LogP contribution in [-0.4, -0.2) is 16.9 Å². The fourth-order valence-corrected chi connectivity index (χ4v) is 2.17. The summed E-state index contributed by atoms with van der Waals surface area (Å²) in [6.45, 7) is 0. The Labute approximate surface area is 96.8 Å². The molecule has 3 N–H and O–H groups in total. The molecule has 0 heterocycles. The summed E-state index contributed by atoms with van der Waals surface area (Å²) in [5.41, 5.74) is 5.32. The molecule has 0 aromatic rings. The molecule has 0 bridgehead atoms. The number of carbonyl (C=O) groups excluding carboxylic acids is 1. The first kappa shape index (κ1) is 12.4. The van der Waals surface area contributed by atoms with Crippen LogP contribution in [0.15, 0.2) is 0 Å². The molecule has 1 rings (SSSR count). The van der Waals surface area contributed by atoms with Gasteiger partial charge in [0.1, 0.15) is 0 Å². The molecule has 3 nitrogen and oxygen atoms in total. The largest absolute Gasteiger partial charge is 0.393 e. The van der Waals surface area contributed by atoms with Crippen LogP contribution in [0.3, 0.4) is 0 Å². The second-order valence-corrected chi connectivity index (χ2v) is 4.78. The van der Waals surface area contributed by atoms with E-state index >= 15 is 0 Å². The van der Waals surface area contributed by atoms with Crippen LogP contribution in [0.5, 0.6) is 0 Å². The molecule has 4 heteroatoms. The van der Waals surface area contributed by atoms with Gasteiger partial charge in [0.25, 0.3) is 0 Å². The minimum atomic E-state index is -0.0203. The van der Waals surface area contributed by atoms with Crippen molar-refractivity contribution in [3.05, 3.63) is 0 Å². The molecule has 1 fully saturated rings. The number of amides is 1. The summed E-state index contributed by atoms with van der Waals surface area (Å²) in [7, 11) is 0. The first-order valence-corrected chi connectivity index (χ1v) is 6.17. The second-order valence-electron chi connectivity index (χ2n) is 4.25. The fraction of sp³-hybridized carbons (Fsp3) is 0.818. The van der Waals surface area contributed by atoms with Crippen LogP contribution in [-0.2, 0) is 4.79 Å². The Morgan fingerprint density at radius 3 is 2.27 bits per heavy atom. The van der Waals surface area contributed by atoms with Gasteiger partial charge in [0, 0.05) is 6.04 Å². The van der Waals surface area contributed by atoms with E-state index < -0.39 is 0 Å². The van der Waals surface area contributed by atoms with Gasteiger partial charge in [-0.05, 0) is 12.8 Å². The summed E-state index contributed by atoms with van der Waals surface area (Å²) in [6, 6.07) is 0.340. The van der Waals surface area contributed by atoms with Gasteiger partial charge in [0.15, 0.2) is 0 Å². The minimum Gasteiger partial charge on any atom is -0.393 e. The molecule has 0 aromatic heterocycles. The summed E-state index contributed by atoms with van der Waals surface area (Å²) >= 11 is 4.70. The van der Waals surface area contributed by atoms with Crippen molar-refractivity contribution in [3.63, 3.8) is 0 Å². The van der Waals surface area contributed by atoms with Crippen molar-refractivity contribution in [2.75, 3.05) is 0 Å². The lowest BCUT2D eigenvalue weighted by Gasteiger charge is -2.20. The monoisotopic (exact) mass is 228 g/mol. The molecule has 86 valence electrons. The highest BCUT2D eigenvalue weighted by Gasteiger charge is 2.13. The number of thiocarbonyl (C=S) groups is 1. The van der Waals surface area contributed by atoms with Crippen molar-refractivity contribution >= 4 is 23.1 Å². The maximum absolute atomic E-state index is 11.4. The first-order chi connectivity index (χ1) is 7.18. The third-order valence-corrected chi connectivity index (χ3v) is 2.95. The zero-order valence-electron chi connectivity index (χ0n) is 9.13. The van der Waals surface area contributed by atoms with Gasteiger partial charge in [-0.15, -0.1) is 0 Å². The van der Waals surface area contributed by atoms with Crippen LogP contribution >= 0.6 is 12.2 Å². The van der Waals surface area contributed by atoms with Crippen molar-refractivity contribution in [2.45, 2.75) is 57.4 Å². The maximum atomic E-state index is 11.4. The average molecular weight is 228 g/mol. The Morgan fingerprint density at radius 1 is 1.20 bits per heavy atom. The minimum absolute atomic E-state index is 0.0203. The molecule has 1 amide bonds. The highest BCUT2D eigenvalue weighted by atomic mass is 32.1. The SMILES string of the molecule is NC(=S)CC(=O)NC1CCCCCCC1. The van der Waals surface area contributed by atoms with E-state index in [4.69, 9.17) is 18.0 Å². The van der Waals surface area contributed by atoms with Crippen LogP contribution < -0.4 is 11.1 Å². The Balaban J connectivity index is 2.28. The van der Waals surface area contributed by atoms with Gasteiger partial charge in [-0.25, -0.2) is 0 Å². The molecular formula is C11H20N2OS. The second kappa shape index (κ2) is 6.77. The van der Waals surface area contributed by atoms with Gasteiger partial charge >= 0.3 is 0 Å². The third-order valence-electron chi connectivity index (χ3n) is 2.81. The van der Waals surface area contributed by atoms with E-state index in [0.717, 1.165) is 12.8 Å². The number of carbonyl (C=O) groups is 1. The summed E-state index contributed by atoms with van der Waals surface area (Å²) < 4.78 is 0. The lowest BCUT2D eigenvalue weighted by atomic mass is 9.96. The van der Waals surface area contributed by atoms with Crippen LogP contribution in [0.1, 0.15) is 51.4 Å². The fourth-order valence-electron chi connectivity index (χ4n) is 2.04. The van der Waals surface area contributed by atoms with Crippen molar-refractivity contribution in [1.82, 2.24) is 5.32 Å². The van der Waals surface area contributed by atoms with E-state index in [-0.39, 0.29) is 17.3 Å². The summed E-state index contributed by atoms with van der Waals surface area (Å²) in [6.07, 6.45) is 8.75. The smallest absolute Gasteiger partial charge is 0.227 e. The lowest BCUT2D eigenvalue weighted by Crippen LogP contribution is -2.37. The van der Waals surface area contributed by atoms with Gasteiger partial charge in [-0.2, -0.15) is 0 Å². The number of hydrogen-bond donors (Lipinski definition) is 2. The van der Waals surface area contributed by atoms with Gasteiger partial charge in [0.2, 0.25) is 5.91 Å². The molecule has 15 heavy (non-hydrogen) atoms. The molecular weight excluding hydrogens is 208 g/mol. The molecule has 1 aliphatic carbocycles. The number of rotatable bonds is 3. The Kier molecular flexibility index (Phi) is 5.61. The Morgan fingerprint density at radius 2 is 1.73 bits per heavy atom. The van der Waals surface area contributed by atoms with Crippen molar-refractivity contribution in [3.8, 4) is 0 Å². The Bertz CT molecular complexity index is 223. The zero-order valence-corrected chi connectivity index (χ0v) is 9.94. The van der Waals surface area contributed by atoms with Crippen LogP contribution in [0.25, 0.3) is 0 Å². The topological polar surface area (TPSA) is 55.1 Å². The van der Waals surface area contributed by atoms with Crippen molar-refractivity contribution in [1.29, 1.82) is 0 Å². The summed E-state index contributed by atoms with van der Waals surface area (Å²) in [5.74, 6) is -0.0203. The molecule has 0 unspecified atom stereocenters. The summed E-state index contributed by atoms with van der Waals surface area (Å²) in [4.78, 5) is 11.7. The van der Waals surface area contributed by atoms with E-state index in [0.29, 0.717) is 6.04 Å². The predicted molar refractivity (Wildman–Crippen MR) is 65.7 cm³/mol. The van der Waals surface area contributed by atoms with Crippen molar-refractivity contribution < 1.29 is 4.79 Å². The van der Waals surface area contributed by atoms with Crippen molar-refractivity contribution in [2.24, 2.45) is 5.73 Å². The number of hydrogen-bond acceptors (Lipinski definition) is 2. The molecule has 1 aliphatic rings. The highest BCUT2D eigenvalue weighted by Crippen LogP contribution is 2.17. The first-order valence-electron chi connectivity index (χ1n) is 5.76. The van der Waals surface area contributed by atoms with E-state index in [1.165, 1.54) is 32.1 Å². The Hall–Kier alpha value is -0.640. The number of nitrogens with one attached hydrogen (secondary N) is 1. The summed E-state index contributed by atoms with van der Waals surface area (Å²) in [5, 5.41) is 3.01. The van der Waals surface area contributed by atoms with Gasteiger partial charge in [-0.3, -0.25) is 4.79 Å². The molecule has 0 radical (unpaired) electrons. The molecule has 0 spiro atoms. The molecule has 0 saturated heterocycles. The number of nitrogens with two attached hydrogens (primary N) is 1. The van der Waals surface area contributed by atoms with Crippen LogP contribution in [0.2, 0.25) is 0 Å². The predicted octanol–water partition coefficient (Wildman–Crippen LogP) is 1.89. The molecule has 0 aromatic carbocycles. The van der Waals surface area contributed by atoms with E-state index in [1.54, 1.807) is 0 Å². The van der Waals surface area contributed by atoms with Crippen LogP contribution in [0, 0.1) is 0 Å². The van der Waals surface area contributed by atoms with Gasteiger partial charge < -0.3 is 11.1 Å². The standard InChI is InChI=1S/C11H20N2OS/c12-10(15)8-11(14)13-9-6-4-2-1-3-5-7-9/h9H,1-8H2,(H2,12,15)(H,13,14). The van der Waals surface area contributed by atoms with Gasteiger partial charge in [0.05, 0.1) is 11.4 Å².